The molecule has 0 spiro atoms. The lowest BCUT2D eigenvalue weighted by molar-refractivity contribution is -0.133. The zero-order chi connectivity index (χ0) is 22.3. The van der Waals surface area contributed by atoms with Crippen molar-refractivity contribution in [2.24, 2.45) is 0 Å². The van der Waals surface area contributed by atoms with Gasteiger partial charge in [0.25, 0.3) is 5.91 Å². The Morgan fingerprint density at radius 3 is 2.06 bits per heavy atom. The molecule has 3 aromatic carbocycles. The van der Waals surface area contributed by atoms with Crippen molar-refractivity contribution >= 4 is 15.7 Å². The van der Waals surface area contributed by atoms with E-state index in [1.54, 1.807) is 41.7 Å². The monoisotopic (exact) mass is 440 g/mol. The van der Waals surface area contributed by atoms with E-state index in [0.29, 0.717) is 18.0 Å². The molecule has 0 bridgehead atoms. The van der Waals surface area contributed by atoms with Crippen molar-refractivity contribution in [3.63, 3.8) is 0 Å². The molecule has 7 nitrogen and oxygen atoms in total. The van der Waals surface area contributed by atoms with Crippen LogP contribution in [0.5, 0.6) is 11.5 Å². The van der Waals surface area contributed by atoms with Gasteiger partial charge < -0.3 is 4.74 Å². The van der Waals surface area contributed by atoms with Gasteiger partial charge in [-0.1, -0.05) is 48.5 Å². The lowest BCUT2D eigenvalue weighted by atomic mass is 10.2. The van der Waals surface area contributed by atoms with E-state index in [1.165, 1.54) is 12.1 Å². The van der Waals surface area contributed by atoms with Gasteiger partial charge in [-0.3, -0.25) is 14.9 Å². The number of hydrogen-bond acceptors (Lipinski definition) is 6. The maximum absolute atomic E-state index is 13.0. The molecule has 0 aliphatic carbocycles. The van der Waals surface area contributed by atoms with Crippen molar-refractivity contribution in [2.75, 3.05) is 12.8 Å². The largest absolute Gasteiger partial charge is 0.457 e. The molecule has 0 saturated heterocycles. The normalized spacial score (nSPS) is 12.4. The molecule has 0 aromatic heterocycles. The summed E-state index contributed by atoms with van der Waals surface area (Å²) in [5, 5.41) is 9.13. The van der Waals surface area contributed by atoms with Crippen LogP contribution in [0, 0.1) is 0 Å². The van der Waals surface area contributed by atoms with Crippen LogP contribution in [0.15, 0.2) is 89.8 Å². The summed E-state index contributed by atoms with van der Waals surface area (Å²) in [6.45, 7) is 0.346. The van der Waals surface area contributed by atoms with Crippen LogP contribution in [0.1, 0.15) is 5.56 Å². The highest BCUT2D eigenvalue weighted by molar-refractivity contribution is 7.91. The topological polar surface area (TPSA) is 95.9 Å². The van der Waals surface area contributed by atoms with Crippen molar-refractivity contribution < 1.29 is 23.2 Å². The number of nitrogens with zero attached hydrogens (tertiary/aromatic N) is 1. The highest BCUT2D eigenvalue weighted by atomic mass is 32.2. The molecule has 2 N–H and O–H groups in total. The predicted molar refractivity (Wildman–Crippen MR) is 117 cm³/mol. The van der Waals surface area contributed by atoms with E-state index in [4.69, 9.17) is 9.94 Å². The van der Waals surface area contributed by atoms with Gasteiger partial charge in [0.15, 0.2) is 9.84 Å². The van der Waals surface area contributed by atoms with Gasteiger partial charge in [-0.05, 0) is 49.0 Å². The minimum atomic E-state index is -3.81. The minimum absolute atomic E-state index is 0.0664. The Hall–Kier alpha value is -3.20. The average Bonchev–Trinajstić information content (AvgIpc) is 2.78. The van der Waals surface area contributed by atoms with Gasteiger partial charge >= 0.3 is 0 Å². The number of carbonyl (C=O) groups excluding carboxylic acids is 1. The highest BCUT2D eigenvalue weighted by Gasteiger charge is 2.30. The summed E-state index contributed by atoms with van der Waals surface area (Å²) in [5.41, 5.74) is 2.49. The summed E-state index contributed by atoms with van der Waals surface area (Å²) in [7, 11) is -2.17. The number of nitrogens with one attached hydrogen (secondary N) is 1. The van der Waals surface area contributed by atoms with Gasteiger partial charge in [-0.2, -0.15) is 0 Å². The van der Waals surface area contributed by atoms with Gasteiger partial charge in [0, 0.05) is 6.54 Å². The number of benzene rings is 3. The Bertz CT molecular complexity index is 1090. The number of carbonyl (C=O) groups is 1. The number of ether oxygens (including phenoxy) is 1. The molecular weight excluding hydrogens is 416 g/mol. The van der Waals surface area contributed by atoms with Crippen molar-refractivity contribution in [3.8, 4) is 11.5 Å². The first kappa shape index (κ1) is 22.5. The molecule has 3 aromatic rings. The fourth-order valence-electron chi connectivity index (χ4n) is 3.10. The van der Waals surface area contributed by atoms with Gasteiger partial charge in [0.05, 0.1) is 10.6 Å². The number of sulfone groups is 1. The third-order valence-corrected chi connectivity index (χ3v) is 6.50. The molecule has 0 radical (unpaired) electrons. The first-order valence-corrected chi connectivity index (χ1v) is 11.3. The molecule has 3 rings (SSSR count). The van der Waals surface area contributed by atoms with E-state index in [-0.39, 0.29) is 4.90 Å². The van der Waals surface area contributed by atoms with Crippen molar-refractivity contribution in [1.82, 2.24) is 10.4 Å². The number of hydroxylamine groups is 1. The smallest absolute Gasteiger partial charge is 0.261 e. The fraction of sp³-hybridized carbons (Fsp3) is 0.174. The molecule has 0 aliphatic rings. The van der Waals surface area contributed by atoms with E-state index in [9.17, 15) is 13.2 Å². The van der Waals surface area contributed by atoms with Crippen molar-refractivity contribution in [1.29, 1.82) is 0 Å². The molecule has 1 amide bonds. The minimum Gasteiger partial charge on any atom is -0.457 e. The van der Waals surface area contributed by atoms with Gasteiger partial charge in [-0.25, -0.2) is 13.9 Å². The lowest BCUT2D eigenvalue weighted by Crippen LogP contribution is -2.47. The molecule has 8 heteroatoms. The Labute approximate surface area is 181 Å². The zero-order valence-corrected chi connectivity index (χ0v) is 17.8. The Morgan fingerprint density at radius 1 is 0.935 bits per heavy atom. The van der Waals surface area contributed by atoms with Crippen LogP contribution in [0.3, 0.4) is 0 Å². The molecule has 1 unspecified atom stereocenters. The van der Waals surface area contributed by atoms with E-state index in [1.807, 2.05) is 48.5 Å². The molecule has 1 atom stereocenters. The van der Waals surface area contributed by atoms with Gasteiger partial charge in [0.2, 0.25) is 0 Å². The van der Waals surface area contributed by atoms with E-state index < -0.39 is 27.5 Å². The van der Waals surface area contributed by atoms with Crippen LogP contribution in [-0.2, 0) is 21.2 Å². The van der Waals surface area contributed by atoms with Crippen molar-refractivity contribution in [2.45, 2.75) is 17.5 Å². The van der Waals surface area contributed by atoms with Crippen molar-refractivity contribution in [3.05, 3.63) is 90.5 Å². The second-order valence-electron chi connectivity index (χ2n) is 7.06. The molecular formula is C23H24N2O5S. The summed E-state index contributed by atoms with van der Waals surface area (Å²) < 4.78 is 31.6. The SMILES string of the molecule is CN(Cc1ccccc1)C(CS(=O)(=O)c1ccc(Oc2ccccc2)cc1)C(=O)NO. The van der Waals surface area contributed by atoms with E-state index in [0.717, 1.165) is 5.56 Å². The van der Waals surface area contributed by atoms with Gasteiger partial charge in [0.1, 0.15) is 17.5 Å². The zero-order valence-electron chi connectivity index (χ0n) is 17.0. The number of hydrogen-bond donors (Lipinski definition) is 2. The highest BCUT2D eigenvalue weighted by Crippen LogP contribution is 2.23. The summed E-state index contributed by atoms with van der Waals surface area (Å²) in [6.07, 6.45) is 0. The predicted octanol–water partition coefficient (Wildman–Crippen LogP) is 3.26. The first-order valence-electron chi connectivity index (χ1n) is 9.63. The summed E-state index contributed by atoms with van der Waals surface area (Å²) in [5.74, 6) is -0.135. The van der Waals surface area contributed by atoms with Crippen LogP contribution in [-0.4, -0.2) is 43.3 Å². The average molecular weight is 441 g/mol. The number of rotatable bonds is 9. The van der Waals surface area contributed by atoms with E-state index >= 15 is 0 Å². The first-order chi connectivity index (χ1) is 14.9. The molecule has 0 heterocycles. The molecule has 162 valence electrons. The number of para-hydroxylation sites is 1. The Balaban J connectivity index is 1.74. The van der Waals surface area contributed by atoms with Crippen LogP contribution >= 0.6 is 0 Å². The third kappa shape index (κ3) is 6.14. The quantitative estimate of drug-likeness (QED) is 0.392. The van der Waals surface area contributed by atoms with E-state index in [2.05, 4.69) is 0 Å². The molecule has 31 heavy (non-hydrogen) atoms. The second kappa shape index (κ2) is 10.2. The fourth-order valence-corrected chi connectivity index (χ4v) is 4.67. The van der Waals surface area contributed by atoms with Gasteiger partial charge in [-0.15, -0.1) is 0 Å². The Kier molecular flexibility index (Phi) is 7.41. The summed E-state index contributed by atoms with van der Waals surface area (Å²) in [6, 6.07) is 23.4. The standard InChI is InChI=1S/C23H24N2O5S/c1-25(16-18-8-4-2-5-9-18)22(23(26)24-27)17-31(28,29)21-14-12-20(13-15-21)30-19-10-6-3-7-11-19/h2-15,22,27H,16-17H2,1H3,(H,24,26). The lowest BCUT2D eigenvalue weighted by Gasteiger charge is -2.26. The molecule has 0 fully saturated rings. The summed E-state index contributed by atoms with van der Waals surface area (Å²) in [4.78, 5) is 13.9. The van der Waals surface area contributed by atoms with Crippen LogP contribution in [0.2, 0.25) is 0 Å². The summed E-state index contributed by atoms with van der Waals surface area (Å²) >= 11 is 0. The van der Waals surface area contributed by atoms with Crippen LogP contribution in [0.4, 0.5) is 0 Å². The maximum Gasteiger partial charge on any atom is 0.261 e. The second-order valence-corrected chi connectivity index (χ2v) is 9.09. The molecule has 0 saturated carbocycles. The maximum atomic E-state index is 13.0. The number of amides is 1. The van der Waals surface area contributed by atoms with Crippen LogP contribution < -0.4 is 10.2 Å². The number of likely N-dealkylation sites (N-methyl/N-ethyl adjacent to an activating group) is 1. The third-order valence-electron chi connectivity index (χ3n) is 4.76. The molecule has 0 aliphatic heterocycles. The van der Waals surface area contributed by atoms with Crippen LogP contribution in [0.25, 0.3) is 0 Å². The Morgan fingerprint density at radius 2 is 1.48 bits per heavy atom.